The highest BCUT2D eigenvalue weighted by Crippen LogP contribution is 2.47. The first kappa shape index (κ1) is 40.5. The van der Waals surface area contributed by atoms with Gasteiger partial charge in [-0.25, -0.2) is 0 Å². The predicted octanol–water partition coefficient (Wildman–Crippen LogP) is 16.0. The van der Waals surface area contributed by atoms with Gasteiger partial charge in [0.2, 0.25) is 0 Å². The Balaban J connectivity index is 1.46. The second-order valence-corrected chi connectivity index (χ2v) is 21.9. The van der Waals surface area contributed by atoms with Crippen molar-refractivity contribution in [1.29, 1.82) is 5.26 Å². The zero-order chi connectivity index (χ0) is 44.5. The van der Waals surface area contributed by atoms with Crippen molar-refractivity contribution in [2.45, 2.75) is 105 Å². The second kappa shape index (κ2) is 13.7. The summed E-state index contributed by atoms with van der Waals surface area (Å²) < 4.78 is 7.42. The first-order valence-electron chi connectivity index (χ1n) is 22.5. The normalized spacial score (nSPS) is 13.1. The molecular formula is C59H58N4. The third-order valence-electron chi connectivity index (χ3n) is 13.4. The van der Waals surface area contributed by atoms with Crippen LogP contribution in [0.1, 0.15) is 111 Å². The van der Waals surface area contributed by atoms with Crippen LogP contribution in [-0.4, -0.2) is 13.7 Å². The van der Waals surface area contributed by atoms with Crippen LogP contribution in [0.3, 0.4) is 0 Å². The fourth-order valence-electron chi connectivity index (χ4n) is 9.87. The van der Waals surface area contributed by atoms with Crippen molar-refractivity contribution in [2.24, 2.45) is 0 Å². The molecule has 0 aliphatic carbocycles. The SMILES string of the molecule is CC(C)(C)c1cc(-n2c3ccccc3c3c2ccc2c4ccc5c(c6ccccc6n5-c5ccccc5C#N)c4n(-c4cc(C(C)(C)C)cc(C(C)(C)C)c4)c23)cc(C(C)(C)C)c1. The maximum absolute atomic E-state index is 10.4. The van der Waals surface area contributed by atoms with Crippen molar-refractivity contribution < 1.29 is 0 Å². The summed E-state index contributed by atoms with van der Waals surface area (Å²) in [6, 6.07) is 52.1. The van der Waals surface area contributed by atoms with Gasteiger partial charge in [-0.2, -0.15) is 5.26 Å². The number of para-hydroxylation sites is 3. The van der Waals surface area contributed by atoms with E-state index in [1.54, 1.807) is 0 Å². The van der Waals surface area contributed by atoms with E-state index in [0.29, 0.717) is 5.56 Å². The number of fused-ring (bicyclic) bond motifs is 11. The highest BCUT2D eigenvalue weighted by atomic mass is 15.0. The Morgan fingerprint density at radius 1 is 0.365 bits per heavy atom. The summed E-state index contributed by atoms with van der Waals surface area (Å²) in [7, 11) is 0. The first-order chi connectivity index (χ1) is 29.8. The van der Waals surface area contributed by atoms with E-state index in [2.05, 4.69) is 218 Å². The van der Waals surface area contributed by atoms with Gasteiger partial charge in [0, 0.05) is 43.7 Å². The maximum atomic E-state index is 10.4. The number of hydrogen-bond acceptors (Lipinski definition) is 1. The molecule has 0 atom stereocenters. The summed E-state index contributed by atoms with van der Waals surface area (Å²) in [5.74, 6) is 0. The van der Waals surface area contributed by atoms with E-state index in [-0.39, 0.29) is 21.7 Å². The highest BCUT2D eigenvalue weighted by molar-refractivity contribution is 6.31. The van der Waals surface area contributed by atoms with Crippen molar-refractivity contribution in [3.8, 4) is 23.1 Å². The quantitative estimate of drug-likeness (QED) is 0.175. The van der Waals surface area contributed by atoms with Gasteiger partial charge in [-0.3, -0.25) is 0 Å². The zero-order valence-electron chi connectivity index (χ0n) is 39.0. The van der Waals surface area contributed by atoms with Gasteiger partial charge in [0.15, 0.2) is 0 Å². The monoisotopic (exact) mass is 822 g/mol. The standard InChI is InChI=1S/C59H58N4/c1-56(2,3)37-29-38(57(4,5)6)32-41(31-37)61-48-23-17-14-20-45(48)52-50(61)27-25-43-44-26-28-51-53(46-21-15-18-24-49(46)63(51)47-22-16-13-19-36(47)35-60)55(44)62(54(43)52)42-33-39(58(7,8)9)30-40(34-42)59(10,11)12/h13-34H,1-12H3. The Bertz CT molecular complexity index is 3480. The summed E-state index contributed by atoms with van der Waals surface area (Å²) in [5, 5.41) is 17.6. The van der Waals surface area contributed by atoms with E-state index >= 15 is 0 Å². The Labute approximate surface area is 372 Å². The van der Waals surface area contributed by atoms with E-state index < -0.39 is 0 Å². The van der Waals surface area contributed by atoms with E-state index in [9.17, 15) is 5.26 Å². The minimum absolute atomic E-state index is 0.0321. The van der Waals surface area contributed by atoms with E-state index in [1.165, 1.54) is 76.9 Å². The van der Waals surface area contributed by atoms with Gasteiger partial charge in [-0.1, -0.05) is 156 Å². The van der Waals surface area contributed by atoms with Gasteiger partial charge in [0.25, 0.3) is 0 Å². The molecule has 314 valence electrons. The second-order valence-electron chi connectivity index (χ2n) is 21.9. The van der Waals surface area contributed by atoms with Crippen molar-refractivity contribution in [3.63, 3.8) is 0 Å². The summed E-state index contributed by atoms with van der Waals surface area (Å²) in [4.78, 5) is 0. The molecule has 0 fully saturated rings. The minimum atomic E-state index is -0.0880. The molecule has 0 saturated carbocycles. The Morgan fingerprint density at radius 2 is 0.746 bits per heavy atom. The molecule has 4 heteroatoms. The highest BCUT2D eigenvalue weighted by Gasteiger charge is 2.29. The fraction of sp³-hybridized carbons (Fsp3) is 0.271. The lowest BCUT2D eigenvalue weighted by molar-refractivity contribution is 0.567. The molecule has 4 nitrogen and oxygen atoms in total. The van der Waals surface area contributed by atoms with Crippen LogP contribution >= 0.6 is 0 Å². The molecule has 0 bridgehead atoms. The smallest absolute Gasteiger partial charge is 0.101 e. The van der Waals surface area contributed by atoms with Crippen LogP contribution in [0.25, 0.3) is 82.5 Å². The van der Waals surface area contributed by atoms with E-state index in [4.69, 9.17) is 0 Å². The number of aromatic nitrogens is 3. The van der Waals surface area contributed by atoms with Crippen molar-refractivity contribution in [1.82, 2.24) is 13.7 Å². The predicted molar refractivity (Wildman–Crippen MR) is 269 cm³/mol. The van der Waals surface area contributed by atoms with Crippen molar-refractivity contribution in [2.75, 3.05) is 0 Å². The lowest BCUT2D eigenvalue weighted by Gasteiger charge is -2.27. The lowest BCUT2D eigenvalue weighted by Crippen LogP contribution is -2.17. The fourth-order valence-corrected chi connectivity index (χ4v) is 9.87. The molecule has 0 aliphatic heterocycles. The number of hydrogen-bond donors (Lipinski definition) is 0. The van der Waals surface area contributed by atoms with Crippen LogP contribution in [-0.2, 0) is 21.7 Å². The van der Waals surface area contributed by atoms with Crippen LogP contribution in [0.2, 0.25) is 0 Å². The summed E-state index contributed by atoms with van der Waals surface area (Å²) in [5.41, 5.74) is 15.8. The molecule has 0 amide bonds. The van der Waals surface area contributed by atoms with Crippen molar-refractivity contribution in [3.05, 3.63) is 161 Å². The molecule has 10 rings (SSSR count). The van der Waals surface area contributed by atoms with Gasteiger partial charge in [-0.05, 0) is 105 Å². The average Bonchev–Trinajstić information content (AvgIpc) is 3.87. The molecule has 0 radical (unpaired) electrons. The maximum Gasteiger partial charge on any atom is 0.101 e. The molecule has 7 aromatic carbocycles. The topological polar surface area (TPSA) is 38.6 Å². The van der Waals surface area contributed by atoms with Crippen molar-refractivity contribution >= 4 is 65.4 Å². The lowest BCUT2D eigenvalue weighted by atomic mass is 9.80. The Morgan fingerprint density at radius 3 is 1.19 bits per heavy atom. The molecule has 0 saturated heterocycles. The van der Waals surface area contributed by atoms with Crippen LogP contribution < -0.4 is 0 Å². The number of rotatable bonds is 3. The summed E-state index contributed by atoms with van der Waals surface area (Å²) in [6.45, 7) is 27.9. The first-order valence-corrected chi connectivity index (χ1v) is 22.5. The Kier molecular flexibility index (Phi) is 8.82. The number of benzene rings is 7. The van der Waals surface area contributed by atoms with E-state index in [0.717, 1.165) is 27.8 Å². The van der Waals surface area contributed by atoms with Crippen LogP contribution in [0.5, 0.6) is 0 Å². The molecule has 10 aromatic rings. The zero-order valence-corrected chi connectivity index (χ0v) is 39.0. The van der Waals surface area contributed by atoms with Gasteiger partial charge >= 0.3 is 0 Å². The largest absolute Gasteiger partial charge is 0.309 e. The average molecular weight is 823 g/mol. The van der Waals surface area contributed by atoms with E-state index in [1.807, 2.05) is 18.2 Å². The Hall–Kier alpha value is -6.57. The van der Waals surface area contributed by atoms with Gasteiger partial charge in [0.05, 0.1) is 44.4 Å². The molecule has 0 N–H and O–H groups in total. The third-order valence-corrected chi connectivity index (χ3v) is 13.4. The third kappa shape index (κ3) is 6.30. The van der Waals surface area contributed by atoms with Gasteiger partial charge < -0.3 is 13.7 Å². The van der Waals surface area contributed by atoms with Crippen LogP contribution in [0.15, 0.2) is 133 Å². The van der Waals surface area contributed by atoms with Crippen LogP contribution in [0.4, 0.5) is 0 Å². The van der Waals surface area contributed by atoms with Gasteiger partial charge in [-0.15, -0.1) is 0 Å². The molecule has 0 aliphatic rings. The molecule has 0 spiro atoms. The summed E-state index contributed by atoms with van der Waals surface area (Å²) in [6.07, 6.45) is 0. The summed E-state index contributed by atoms with van der Waals surface area (Å²) >= 11 is 0. The molecular weight excluding hydrogens is 765 g/mol. The van der Waals surface area contributed by atoms with Gasteiger partial charge in [0.1, 0.15) is 6.07 Å². The molecule has 63 heavy (non-hydrogen) atoms. The van der Waals surface area contributed by atoms with Crippen LogP contribution in [0, 0.1) is 11.3 Å². The molecule has 3 aromatic heterocycles. The molecule has 0 unspecified atom stereocenters. The number of nitrogens with zero attached hydrogens (tertiary/aromatic N) is 4. The minimum Gasteiger partial charge on any atom is -0.309 e. The molecule has 3 heterocycles. The number of nitriles is 1.